The van der Waals surface area contributed by atoms with Crippen molar-refractivity contribution in [2.45, 2.75) is 45.4 Å². The Morgan fingerprint density at radius 3 is 1.86 bits per heavy atom. The van der Waals surface area contributed by atoms with Crippen molar-refractivity contribution in [3.05, 3.63) is 12.7 Å². The molecule has 0 aliphatic heterocycles. The van der Waals surface area contributed by atoms with Crippen molar-refractivity contribution in [2.75, 3.05) is 0 Å². The molecule has 0 radical (unpaired) electrons. The highest BCUT2D eigenvalue weighted by Gasteiger charge is 2.52. The fraction of sp³-hybridized carbons (Fsp3) is 0.857. The second kappa shape index (κ2) is 2.87. The van der Waals surface area contributed by atoms with Crippen molar-refractivity contribution in [3.63, 3.8) is 0 Å². The van der Waals surface area contributed by atoms with E-state index in [1.54, 1.807) is 19.3 Å². The van der Waals surface area contributed by atoms with Gasteiger partial charge in [0.1, 0.15) is 0 Å². The molecule has 78 valence electrons. The first-order valence-corrected chi connectivity index (χ1v) is 6.34. The van der Waals surface area contributed by atoms with Gasteiger partial charge in [0, 0.05) is 0 Å². The van der Waals surface area contributed by atoms with E-state index in [0.717, 1.165) is 23.7 Å². The molecule has 0 heteroatoms. The first-order chi connectivity index (χ1) is 6.72. The third-order valence-corrected chi connectivity index (χ3v) is 5.41. The van der Waals surface area contributed by atoms with Gasteiger partial charge in [-0.05, 0) is 67.6 Å². The minimum absolute atomic E-state index is 0.691. The summed E-state index contributed by atoms with van der Waals surface area (Å²) in [7, 11) is 0. The molecular formula is C14H22. The topological polar surface area (TPSA) is 0 Å². The molecule has 0 aromatic rings. The molecule has 1 atom stereocenters. The van der Waals surface area contributed by atoms with E-state index >= 15 is 0 Å². The fourth-order valence-electron chi connectivity index (χ4n) is 4.99. The van der Waals surface area contributed by atoms with Crippen LogP contribution in [0.25, 0.3) is 0 Å². The third kappa shape index (κ3) is 1.12. The molecule has 0 amide bonds. The lowest BCUT2D eigenvalue weighted by atomic mass is 9.47. The summed E-state index contributed by atoms with van der Waals surface area (Å²) < 4.78 is 0. The summed E-state index contributed by atoms with van der Waals surface area (Å²) in [5, 5.41) is 0. The Labute approximate surface area is 87.8 Å². The van der Waals surface area contributed by atoms with Crippen molar-refractivity contribution in [1.29, 1.82) is 0 Å². The molecule has 4 aliphatic rings. The molecule has 0 N–H and O–H groups in total. The zero-order valence-corrected chi connectivity index (χ0v) is 9.34. The van der Waals surface area contributed by atoms with Gasteiger partial charge in [0.15, 0.2) is 0 Å². The zero-order chi connectivity index (χ0) is 9.76. The number of rotatable bonds is 2. The molecule has 4 bridgehead atoms. The van der Waals surface area contributed by atoms with Crippen LogP contribution in [0.1, 0.15) is 45.4 Å². The standard InChI is InChI=1S/C14H22/c1-3-10(2)14-7-11-4-12(8-14)6-13(5-11)9-14/h3,10-13H,1,4-9H2,2H3/t10-,11?,12?,13?,14?/m1/s1. The Kier molecular flexibility index (Phi) is 1.84. The van der Waals surface area contributed by atoms with E-state index in [1.165, 1.54) is 19.3 Å². The van der Waals surface area contributed by atoms with Crippen LogP contribution in [0.15, 0.2) is 12.7 Å². The van der Waals surface area contributed by atoms with Crippen LogP contribution >= 0.6 is 0 Å². The fourth-order valence-corrected chi connectivity index (χ4v) is 4.99. The Morgan fingerprint density at radius 2 is 1.50 bits per heavy atom. The lowest BCUT2D eigenvalue weighted by Gasteiger charge is -2.58. The molecule has 0 saturated heterocycles. The second-order valence-corrected chi connectivity index (χ2v) is 6.30. The quantitative estimate of drug-likeness (QED) is 0.577. The maximum absolute atomic E-state index is 4.02. The van der Waals surface area contributed by atoms with Crippen molar-refractivity contribution in [1.82, 2.24) is 0 Å². The lowest BCUT2D eigenvalue weighted by Crippen LogP contribution is -2.48. The Hall–Kier alpha value is -0.260. The first-order valence-electron chi connectivity index (χ1n) is 6.34. The van der Waals surface area contributed by atoms with Gasteiger partial charge in [-0.2, -0.15) is 0 Å². The van der Waals surface area contributed by atoms with Gasteiger partial charge in [0.05, 0.1) is 0 Å². The van der Waals surface area contributed by atoms with Gasteiger partial charge in [-0.1, -0.05) is 13.0 Å². The minimum Gasteiger partial charge on any atom is -0.103 e. The summed E-state index contributed by atoms with van der Waals surface area (Å²) in [5.74, 6) is 4.02. The van der Waals surface area contributed by atoms with Gasteiger partial charge in [-0.25, -0.2) is 0 Å². The maximum atomic E-state index is 4.02. The van der Waals surface area contributed by atoms with Gasteiger partial charge in [-0.15, -0.1) is 6.58 Å². The van der Waals surface area contributed by atoms with Gasteiger partial charge in [0.25, 0.3) is 0 Å². The van der Waals surface area contributed by atoms with Crippen LogP contribution < -0.4 is 0 Å². The van der Waals surface area contributed by atoms with Crippen LogP contribution in [0.3, 0.4) is 0 Å². The van der Waals surface area contributed by atoms with Crippen LogP contribution in [0.5, 0.6) is 0 Å². The van der Waals surface area contributed by atoms with Crippen molar-refractivity contribution in [3.8, 4) is 0 Å². The summed E-state index contributed by atoms with van der Waals surface area (Å²) in [6, 6.07) is 0. The average Bonchev–Trinajstić information content (AvgIpc) is 2.14. The molecule has 0 nitrogen and oxygen atoms in total. The van der Waals surface area contributed by atoms with E-state index < -0.39 is 0 Å². The van der Waals surface area contributed by atoms with Crippen molar-refractivity contribution < 1.29 is 0 Å². The van der Waals surface area contributed by atoms with Crippen LogP contribution in [-0.2, 0) is 0 Å². The molecule has 4 saturated carbocycles. The zero-order valence-electron chi connectivity index (χ0n) is 9.34. The molecule has 4 rings (SSSR count). The summed E-state index contributed by atoms with van der Waals surface area (Å²) in [6.45, 7) is 6.42. The predicted octanol–water partition coefficient (Wildman–Crippen LogP) is 4.02. The summed E-state index contributed by atoms with van der Waals surface area (Å²) in [5.41, 5.74) is 0.691. The van der Waals surface area contributed by atoms with Gasteiger partial charge < -0.3 is 0 Å². The largest absolute Gasteiger partial charge is 0.103 e. The molecule has 0 aromatic carbocycles. The minimum atomic E-state index is 0.691. The highest BCUT2D eigenvalue weighted by Crippen LogP contribution is 2.62. The van der Waals surface area contributed by atoms with Crippen LogP contribution in [0, 0.1) is 29.1 Å². The Morgan fingerprint density at radius 1 is 1.07 bits per heavy atom. The number of hydrogen-bond donors (Lipinski definition) is 0. The Balaban J connectivity index is 1.90. The summed E-state index contributed by atoms with van der Waals surface area (Å²) in [4.78, 5) is 0. The third-order valence-electron chi connectivity index (χ3n) is 5.41. The molecule has 4 aliphatic carbocycles. The summed E-state index contributed by atoms with van der Waals surface area (Å²) >= 11 is 0. The average molecular weight is 190 g/mol. The van der Waals surface area contributed by atoms with E-state index in [2.05, 4.69) is 19.6 Å². The number of hydrogen-bond acceptors (Lipinski definition) is 0. The molecule has 4 fully saturated rings. The molecule has 14 heavy (non-hydrogen) atoms. The van der Waals surface area contributed by atoms with Gasteiger partial charge in [0.2, 0.25) is 0 Å². The smallest absolute Gasteiger partial charge is 0.0208 e. The molecule has 0 heterocycles. The Bertz CT molecular complexity index is 215. The first kappa shape index (κ1) is 9.00. The second-order valence-electron chi connectivity index (χ2n) is 6.30. The summed E-state index contributed by atoms with van der Waals surface area (Å²) in [6.07, 6.45) is 11.5. The molecular weight excluding hydrogens is 168 g/mol. The monoisotopic (exact) mass is 190 g/mol. The van der Waals surface area contributed by atoms with E-state index in [9.17, 15) is 0 Å². The van der Waals surface area contributed by atoms with Crippen molar-refractivity contribution in [2.24, 2.45) is 29.1 Å². The number of allylic oxidation sites excluding steroid dienone is 1. The highest BCUT2D eigenvalue weighted by molar-refractivity contribution is 5.06. The van der Waals surface area contributed by atoms with E-state index in [4.69, 9.17) is 0 Å². The van der Waals surface area contributed by atoms with E-state index in [0.29, 0.717) is 5.41 Å². The van der Waals surface area contributed by atoms with Gasteiger partial charge in [-0.3, -0.25) is 0 Å². The maximum Gasteiger partial charge on any atom is -0.0208 e. The van der Waals surface area contributed by atoms with Crippen LogP contribution in [0.2, 0.25) is 0 Å². The van der Waals surface area contributed by atoms with E-state index in [1.807, 2.05) is 0 Å². The van der Waals surface area contributed by atoms with Gasteiger partial charge >= 0.3 is 0 Å². The van der Waals surface area contributed by atoms with E-state index in [-0.39, 0.29) is 0 Å². The predicted molar refractivity (Wildman–Crippen MR) is 60.0 cm³/mol. The molecule has 0 aromatic heterocycles. The lowest BCUT2D eigenvalue weighted by molar-refractivity contribution is -0.0726. The normalized spacial score (nSPS) is 51.9. The van der Waals surface area contributed by atoms with Crippen LogP contribution in [0.4, 0.5) is 0 Å². The van der Waals surface area contributed by atoms with Crippen LogP contribution in [-0.4, -0.2) is 0 Å². The molecule has 0 unspecified atom stereocenters. The van der Waals surface area contributed by atoms with Crippen molar-refractivity contribution >= 4 is 0 Å². The molecule has 0 spiro atoms. The SMILES string of the molecule is C=C[C@@H](C)C12CC3CC(CC(C3)C1)C2. The highest BCUT2D eigenvalue weighted by atomic mass is 14.6.